The molecule has 29 heavy (non-hydrogen) atoms. The van der Waals surface area contributed by atoms with E-state index in [2.05, 4.69) is 27.8 Å². The fourth-order valence-corrected chi connectivity index (χ4v) is 4.39. The van der Waals surface area contributed by atoms with Crippen molar-refractivity contribution in [3.05, 3.63) is 61.0 Å². The topological polar surface area (TPSA) is 65.1 Å². The summed E-state index contributed by atoms with van der Waals surface area (Å²) in [6, 6.07) is 8.55. The lowest BCUT2D eigenvalue weighted by Crippen LogP contribution is -2.38. The molecule has 1 atom stereocenters. The predicted molar refractivity (Wildman–Crippen MR) is 117 cm³/mol. The smallest absolute Gasteiger partial charge is 0.317 e. The van der Waals surface area contributed by atoms with E-state index in [9.17, 15) is 9.59 Å². The van der Waals surface area contributed by atoms with Gasteiger partial charge in [0.05, 0.1) is 6.54 Å². The third kappa shape index (κ3) is 3.71. The van der Waals surface area contributed by atoms with Gasteiger partial charge in [-0.05, 0) is 44.0 Å². The average Bonchev–Trinajstić information content (AvgIpc) is 3.06. The zero-order valence-corrected chi connectivity index (χ0v) is 18.6. The SMILES string of the molecule is C[C@@H]1CCCCN1Cc1nc2c(c(=O)n(C)c(=O)n2C)n1Cc1ccc(Br)cc1. The van der Waals surface area contributed by atoms with Crippen LogP contribution >= 0.6 is 15.9 Å². The van der Waals surface area contributed by atoms with Crippen LogP contribution in [0.1, 0.15) is 37.6 Å². The Morgan fingerprint density at radius 1 is 1.07 bits per heavy atom. The Hall–Kier alpha value is -2.19. The fraction of sp³-hybridized carbons (Fsp3) is 0.476. The molecule has 3 aromatic rings. The van der Waals surface area contributed by atoms with E-state index in [4.69, 9.17) is 4.98 Å². The van der Waals surface area contributed by atoms with Crippen molar-refractivity contribution in [2.24, 2.45) is 14.1 Å². The Morgan fingerprint density at radius 2 is 1.79 bits per heavy atom. The third-order valence-corrected chi connectivity index (χ3v) is 6.49. The van der Waals surface area contributed by atoms with Gasteiger partial charge < -0.3 is 4.57 Å². The first-order chi connectivity index (χ1) is 13.9. The summed E-state index contributed by atoms with van der Waals surface area (Å²) in [6.45, 7) is 4.48. The Bertz CT molecular complexity index is 1160. The standard InChI is InChI=1S/C21H26BrN5O2/c1-14-6-4-5-11-26(14)13-17-23-19-18(20(28)25(3)21(29)24(19)2)27(17)12-15-7-9-16(22)10-8-15/h7-10,14H,4-6,11-13H2,1-3H3/t14-/m1/s1. The number of halogens is 1. The Labute approximate surface area is 177 Å². The quantitative estimate of drug-likeness (QED) is 0.601. The van der Waals surface area contributed by atoms with Crippen molar-refractivity contribution in [3.63, 3.8) is 0 Å². The first-order valence-corrected chi connectivity index (χ1v) is 10.8. The van der Waals surface area contributed by atoms with E-state index in [1.54, 1.807) is 7.05 Å². The minimum Gasteiger partial charge on any atom is -0.317 e. The number of aryl methyl sites for hydroxylation is 1. The van der Waals surface area contributed by atoms with E-state index in [0.717, 1.165) is 27.0 Å². The second-order valence-electron chi connectivity index (χ2n) is 7.93. The number of piperidine rings is 1. The van der Waals surface area contributed by atoms with Crippen molar-refractivity contribution in [1.82, 2.24) is 23.6 Å². The van der Waals surface area contributed by atoms with Gasteiger partial charge in [-0.3, -0.25) is 18.8 Å². The summed E-state index contributed by atoms with van der Waals surface area (Å²) in [4.78, 5) is 32.6. The monoisotopic (exact) mass is 459 g/mol. The van der Waals surface area contributed by atoms with E-state index < -0.39 is 0 Å². The van der Waals surface area contributed by atoms with Crippen LogP contribution in [0, 0.1) is 0 Å². The van der Waals surface area contributed by atoms with Gasteiger partial charge >= 0.3 is 5.69 Å². The lowest BCUT2D eigenvalue weighted by atomic mass is 10.0. The lowest BCUT2D eigenvalue weighted by molar-refractivity contribution is 0.147. The molecular weight excluding hydrogens is 434 g/mol. The van der Waals surface area contributed by atoms with E-state index >= 15 is 0 Å². The van der Waals surface area contributed by atoms with Gasteiger partial charge in [0.2, 0.25) is 0 Å². The zero-order valence-electron chi connectivity index (χ0n) is 17.1. The van der Waals surface area contributed by atoms with Gasteiger partial charge in [0, 0.05) is 31.2 Å². The first-order valence-electron chi connectivity index (χ1n) is 10.0. The van der Waals surface area contributed by atoms with Crippen molar-refractivity contribution < 1.29 is 0 Å². The zero-order chi connectivity index (χ0) is 20.7. The van der Waals surface area contributed by atoms with Crippen molar-refractivity contribution in [2.75, 3.05) is 6.54 Å². The highest BCUT2D eigenvalue weighted by Crippen LogP contribution is 2.22. The maximum Gasteiger partial charge on any atom is 0.332 e. The van der Waals surface area contributed by atoms with Gasteiger partial charge in [0.15, 0.2) is 11.2 Å². The molecule has 0 aliphatic carbocycles. The maximum atomic E-state index is 13.0. The molecule has 0 unspecified atom stereocenters. The van der Waals surface area contributed by atoms with Gasteiger partial charge in [-0.1, -0.05) is 34.5 Å². The highest BCUT2D eigenvalue weighted by atomic mass is 79.9. The molecule has 2 aromatic heterocycles. The van der Waals surface area contributed by atoms with Gasteiger partial charge in [-0.25, -0.2) is 9.78 Å². The van der Waals surface area contributed by atoms with Crippen molar-refractivity contribution in [3.8, 4) is 0 Å². The van der Waals surface area contributed by atoms with E-state index in [1.165, 1.54) is 30.9 Å². The second kappa shape index (κ2) is 7.91. The molecule has 154 valence electrons. The molecule has 3 heterocycles. The maximum absolute atomic E-state index is 13.0. The normalized spacial score (nSPS) is 17.9. The molecule has 0 saturated carbocycles. The molecular formula is C21H26BrN5O2. The van der Waals surface area contributed by atoms with Gasteiger partial charge in [-0.15, -0.1) is 0 Å². The molecule has 0 radical (unpaired) electrons. The molecule has 1 aromatic carbocycles. The molecule has 0 amide bonds. The summed E-state index contributed by atoms with van der Waals surface area (Å²) in [7, 11) is 3.20. The molecule has 1 aliphatic rings. The Morgan fingerprint density at radius 3 is 2.48 bits per heavy atom. The Balaban J connectivity index is 1.87. The van der Waals surface area contributed by atoms with Crippen LogP contribution in [-0.2, 0) is 27.2 Å². The molecule has 1 fully saturated rings. The number of rotatable bonds is 4. The van der Waals surface area contributed by atoms with Crippen LogP contribution in [0.4, 0.5) is 0 Å². The number of hydrogen-bond acceptors (Lipinski definition) is 4. The minimum absolute atomic E-state index is 0.300. The number of benzene rings is 1. The lowest BCUT2D eigenvalue weighted by Gasteiger charge is -2.33. The largest absolute Gasteiger partial charge is 0.332 e. The second-order valence-corrected chi connectivity index (χ2v) is 8.85. The molecule has 0 N–H and O–H groups in total. The van der Waals surface area contributed by atoms with Crippen LogP contribution in [0.25, 0.3) is 11.2 Å². The van der Waals surface area contributed by atoms with E-state index in [0.29, 0.717) is 30.3 Å². The number of hydrogen-bond donors (Lipinski definition) is 0. The highest BCUT2D eigenvalue weighted by Gasteiger charge is 2.24. The molecule has 1 aliphatic heterocycles. The summed E-state index contributed by atoms with van der Waals surface area (Å²) in [5, 5.41) is 0. The highest BCUT2D eigenvalue weighted by molar-refractivity contribution is 9.10. The van der Waals surface area contributed by atoms with Crippen LogP contribution in [0.5, 0.6) is 0 Å². The minimum atomic E-state index is -0.353. The molecule has 0 bridgehead atoms. The van der Waals surface area contributed by atoms with Gasteiger partial charge in [0.1, 0.15) is 5.82 Å². The number of likely N-dealkylation sites (tertiary alicyclic amines) is 1. The average molecular weight is 460 g/mol. The van der Waals surface area contributed by atoms with Gasteiger partial charge in [0.25, 0.3) is 5.56 Å². The molecule has 1 saturated heterocycles. The molecule has 7 nitrogen and oxygen atoms in total. The summed E-state index contributed by atoms with van der Waals surface area (Å²) in [5.74, 6) is 0.829. The van der Waals surface area contributed by atoms with Gasteiger partial charge in [-0.2, -0.15) is 0 Å². The van der Waals surface area contributed by atoms with E-state index in [-0.39, 0.29) is 11.2 Å². The van der Waals surface area contributed by atoms with Crippen LogP contribution in [0.2, 0.25) is 0 Å². The summed E-state index contributed by atoms with van der Waals surface area (Å²) >= 11 is 3.47. The molecule has 8 heteroatoms. The van der Waals surface area contributed by atoms with Crippen molar-refractivity contribution in [1.29, 1.82) is 0 Å². The van der Waals surface area contributed by atoms with Crippen LogP contribution in [0.15, 0.2) is 38.3 Å². The summed E-state index contributed by atoms with van der Waals surface area (Å²) in [5.41, 5.74) is 1.36. The van der Waals surface area contributed by atoms with E-state index in [1.807, 2.05) is 28.8 Å². The number of nitrogens with zero attached hydrogens (tertiary/aromatic N) is 5. The van der Waals surface area contributed by atoms with Crippen LogP contribution in [0.3, 0.4) is 0 Å². The predicted octanol–water partition coefficient (Wildman–Crippen LogP) is 2.62. The number of fused-ring (bicyclic) bond motifs is 1. The molecule has 0 spiro atoms. The molecule has 4 rings (SSSR count). The third-order valence-electron chi connectivity index (χ3n) is 5.97. The first kappa shape index (κ1) is 20.1. The van der Waals surface area contributed by atoms with Crippen LogP contribution < -0.4 is 11.2 Å². The fourth-order valence-electron chi connectivity index (χ4n) is 4.13. The van der Waals surface area contributed by atoms with Crippen molar-refractivity contribution in [2.45, 2.75) is 45.3 Å². The number of imidazole rings is 1. The summed E-state index contributed by atoms with van der Waals surface area (Å²) in [6.07, 6.45) is 3.60. The summed E-state index contributed by atoms with van der Waals surface area (Å²) < 4.78 is 5.63. The van der Waals surface area contributed by atoms with Crippen LogP contribution in [-0.4, -0.2) is 36.2 Å². The number of aromatic nitrogens is 4. The Kier molecular flexibility index (Phi) is 5.48. The van der Waals surface area contributed by atoms with Crippen molar-refractivity contribution >= 4 is 27.1 Å².